The highest BCUT2D eigenvalue weighted by Gasteiger charge is 2.19. The number of methoxy groups -OCH3 is 1. The first kappa shape index (κ1) is 14.2. The van der Waals surface area contributed by atoms with E-state index in [9.17, 15) is 5.11 Å². The molecule has 0 radical (unpaired) electrons. The number of aliphatic hydroxyl groups is 1. The average molecular weight is 325 g/mol. The number of benzene rings is 1. The molecule has 5 heteroatoms. The van der Waals surface area contributed by atoms with Crippen LogP contribution in [0.25, 0.3) is 0 Å². The number of halogens is 1. The van der Waals surface area contributed by atoms with E-state index in [0.29, 0.717) is 13.2 Å². The maximum absolute atomic E-state index is 10.5. The van der Waals surface area contributed by atoms with Gasteiger partial charge in [0.25, 0.3) is 0 Å². The minimum absolute atomic E-state index is 0.557. The highest BCUT2D eigenvalue weighted by atomic mass is 79.9. The SMILES string of the molecule is COCCn1ncc(Br)c1C(O)c1ccc(C)cc1. The molecule has 1 atom stereocenters. The standard InChI is InChI=1S/C14H17BrN2O2/c1-10-3-5-11(6-4-10)14(18)13-12(15)9-16-17(13)7-8-19-2/h3-6,9,14,18H,7-8H2,1-2H3. The Kier molecular flexibility index (Phi) is 4.74. The van der Waals surface area contributed by atoms with E-state index in [-0.39, 0.29) is 0 Å². The van der Waals surface area contributed by atoms with E-state index in [1.54, 1.807) is 18.0 Å². The molecule has 4 nitrogen and oxygen atoms in total. The summed E-state index contributed by atoms with van der Waals surface area (Å²) in [5, 5.41) is 14.7. The van der Waals surface area contributed by atoms with Crippen molar-refractivity contribution in [3.63, 3.8) is 0 Å². The van der Waals surface area contributed by atoms with Crippen LogP contribution in [0, 0.1) is 6.92 Å². The second kappa shape index (κ2) is 6.32. The molecule has 0 aliphatic carbocycles. The van der Waals surface area contributed by atoms with Gasteiger partial charge in [0.1, 0.15) is 6.10 Å². The number of aliphatic hydroxyl groups excluding tert-OH is 1. The minimum atomic E-state index is -0.700. The molecule has 0 spiro atoms. The molecular weight excluding hydrogens is 308 g/mol. The van der Waals surface area contributed by atoms with Crippen LogP contribution < -0.4 is 0 Å². The molecule has 0 saturated carbocycles. The van der Waals surface area contributed by atoms with Gasteiger partial charge in [-0.3, -0.25) is 4.68 Å². The molecule has 1 unspecified atom stereocenters. The van der Waals surface area contributed by atoms with Crippen molar-refractivity contribution in [1.29, 1.82) is 0 Å². The lowest BCUT2D eigenvalue weighted by molar-refractivity contribution is 0.171. The van der Waals surface area contributed by atoms with E-state index in [1.165, 1.54) is 5.56 Å². The van der Waals surface area contributed by atoms with Gasteiger partial charge in [0.15, 0.2) is 0 Å². The largest absolute Gasteiger partial charge is 0.383 e. The van der Waals surface area contributed by atoms with E-state index in [1.807, 2.05) is 31.2 Å². The molecular formula is C14H17BrN2O2. The molecule has 1 aromatic heterocycles. The lowest BCUT2D eigenvalue weighted by Gasteiger charge is -2.14. The van der Waals surface area contributed by atoms with Crippen molar-refractivity contribution in [2.75, 3.05) is 13.7 Å². The number of aryl methyl sites for hydroxylation is 1. The average Bonchev–Trinajstić information content (AvgIpc) is 2.77. The van der Waals surface area contributed by atoms with Gasteiger partial charge in [-0.2, -0.15) is 5.10 Å². The van der Waals surface area contributed by atoms with Crippen LogP contribution in [0.5, 0.6) is 0 Å². The van der Waals surface area contributed by atoms with Gasteiger partial charge in [-0.1, -0.05) is 29.8 Å². The summed E-state index contributed by atoms with van der Waals surface area (Å²) in [5.74, 6) is 0. The maximum atomic E-state index is 10.5. The van der Waals surface area contributed by atoms with Crippen LogP contribution in [0.2, 0.25) is 0 Å². The van der Waals surface area contributed by atoms with Crippen LogP contribution in [0.4, 0.5) is 0 Å². The summed E-state index contributed by atoms with van der Waals surface area (Å²) >= 11 is 3.44. The first-order valence-electron chi connectivity index (χ1n) is 6.08. The summed E-state index contributed by atoms with van der Waals surface area (Å²) in [6.07, 6.45) is 0.997. The fourth-order valence-electron chi connectivity index (χ4n) is 1.91. The summed E-state index contributed by atoms with van der Waals surface area (Å²) in [5.41, 5.74) is 2.77. The van der Waals surface area contributed by atoms with Crippen LogP contribution in [0.15, 0.2) is 34.9 Å². The second-order valence-electron chi connectivity index (χ2n) is 4.41. The summed E-state index contributed by atoms with van der Waals surface area (Å²) in [6.45, 7) is 3.19. The molecule has 1 N–H and O–H groups in total. The molecule has 0 aliphatic heterocycles. The van der Waals surface area contributed by atoms with E-state index in [4.69, 9.17) is 4.74 Å². The number of ether oxygens (including phenoxy) is 1. The molecule has 1 aromatic carbocycles. The first-order valence-corrected chi connectivity index (χ1v) is 6.87. The van der Waals surface area contributed by atoms with Crippen LogP contribution in [0.1, 0.15) is 22.9 Å². The van der Waals surface area contributed by atoms with Crippen LogP contribution in [0.3, 0.4) is 0 Å². The van der Waals surface area contributed by atoms with Crippen molar-refractivity contribution in [3.05, 3.63) is 51.8 Å². The monoisotopic (exact) mass is 324 g/mol. The summed E-state index contributed by atoms with van der Waals surface area (Å²) < 4.78 is 7.62. The number of nitrogens with zero attached hydrogens (tertiary/aromatic N) is 2. The zero-order valence-corrected chi connectivity index (χ0v) is 12.6. The molecule has 0 saturated heterocycles. The van der Waals surface area contributed by atoms with Gasteiger partial charge in [0, 0.05) is 7.11 Å². The van der Waals surface area contributed by atoms with Gasteiger partial charge >= 0.3 is 0 Å². The Bertz CT molecular complexity index is 537. The van der Waals surface area contributed by atoms with Crippen LogP contribution in [-0.4, -0.2) is 28.6 Å². The van der Waals surface area contributed by atoms with Gasteiger partial charge in [-0.15, -0.1) is 0 Å². The quantitative estimate of drug-likeness (QED) is 0.919. The van der Waals surface area contributed by atoms with Gasteiger partial charge < -0.3 is 9.84 Å². The Morgan fingerprint density at radius 3 is 2.68 bits per heavy atom. The van der Waals surface area contributed by atoms with Crippen LogP contribution in [-0.2, 0) is 11.3 Å². The van der Waals surface area contributed by atoms with Gasteiger partial charge in [-0.25, -0.2) is 0 Å². The van der Waals surface area contributed by atoms with Crippen molar-refractivity contribution >= 4 is 15.9 Å². The van der Waals surface area contributed by atoms with Gasteiger partial charge in [0.05, 0.1) is 29.5 Å². The normalized spacial score (nSPS) is 12.6. The number of rotatable bonds is 5. The number of aromatic nitrogens is 2. The second-order valence-corrected chi connectivity index (χ2v) is 5.26. The molecule has 0 bridgehead atoms. The summed E-state index contributed by atoms with van der Waals surface area (Å²) in [4.78, 5) is 0. The topological polar surface area (TPSA) is 47.3 Å². The predicted molar refractivity (Wildman–Crippen MR) is 77.0 cm³/mol. The predicted octanol–water partition coefficient (Wildman–Crippen LogP) is 2.68. The maximum Gasteiger partial charge on any atom is 0.122 e. The van der Waals surface area contributed by atoms with Crippen molar-refractivity contribution < 1.29 is 9.84 Å². The molecule has 0 amide bonds. The highest BCUT2D eigenvalue weighted by molar-refractivity contribution is 9.10. The van der Waals surface area contributed by atoms with Gasteiger partial charge in [0.2, 0.25) is 0 Å². The van der Waals surface area contributed by atoms with E-state index >= 15 is 0 Å². The fraction of sp³-hybridized carbons (Fsp3) is 0.357. The van der Waals surface area contributed by atoms with Crippen molar-refractivity contribution in [1.82, 2.24) is 9.78 Å². The van der Waals surface area contributed by atoms with E-state index in [2.05, 4.69) is 21.0 Å². The molecule has 0 fully saturated rings. The summed E-state index contributed by atoms with van der Waals surface area (Å²) in [6, 6.07) is 7.84. The van der Waals surface area contributed by atoms with Crippen molar-refractivity contribution in [3.8, 4) is 0 Å². The third-order valence-electron chi connectivity index (χ3n) is 2.99. The lowest BCUT2D eigenvalue weighted by Crippen LogP contribution is -2.13. The smallest absolute Gasteiger partial charge is 0.122 e. The molecule has 2 aromatic rings. The van der Waals surface area contributed by atoms with Crippen LogP contribution >= 0.6 is 15.9 Å². The highest BCUT2D eigenvalue weighted by Crippen LogP contribution is 2.28. The van der Waals surface area contributed by atoms with Gasteiger partial charge in [-0.05, 0) is 28.4 Å². The molecule has 0 aliphatic rings. The Hall–Kier alpha value is -1.17. The Morgan fingerprint density at radius 2 is 2.05 bits per heavy atom. The lowest BCUT2D eigenvalue weighted by atomic mass is 10.1. The van der Waals surface area contributed by atoms with Crippen molar-refractivity contribution in [2.45, 2.75) is 19.6 Å². The Labute approximate surface area is 121 Å². The molecule has 19 heavy (non-hydrogen) atoms. The zero-order valence-electron chi connectivity index (χ0n) is 11.0. The minimum Gasteiger partial charge on any atom is -0.383 e. The van der Waals surface area contributed by atoms with Crippen molar-refractivity contribution in [2.24, 2.45) is 0 Å². The first-order chi connectivity index (χ1) is 9.13. The molecule has 1 heterocycles. The molecule has 102 valence electrons. The van der Waals surface area contributed by atoms with E-state index < -0.39 is 6.10 Å². The van der Waals surface area contributed by atoms with E-state index in [0.717, 1.165) is 15.7 Å². The molecule has 2 rings (SSSR count). The fourth-order valence-corrected chi connectivity index (χ4v) is 2.42. The number of hydrogen-bond donors (Lipinski definition) is 1. The Morgan fingerprint density at radius 1 is 1.37 bits per heavy atom. The third-order valence-corrected chi connectivity index (χ3v) is 3.60. The zero-order chi connectivity index (χ0) is 13.8. The summed E-state index contributed by atoms with van der Waals surface area (Å²) in [7, 11) is 1.65. The Balaban J connectivity index is 2.29. The third kappa shape index (κ3) is 3.23. The number of hydrogen-bond acceptors (Lipinski definition) is 3.